The van der Waals surface area contributed by atoms with E-state index in [1.165, 1.54) is 10.4 Å². The number of likely N-dealkylation sites (tertiary alicyclic amines) is 1. The summed E-state index contributed by atoms with van der Waals surface area (Å²) >= 11 is 0. The van der Waals surface area contributed by atoms with Crippen LogP contribution in [0.4, 0.5) is 5.69 Å². The van der Waals surface area contributed by atoms with Crippen LogP contribution in [0.5, 0.6) is 0 Å². The van der Waals surface area contributed by atoms with Gasteiger partial charge < -0.3 is 10.2 Å². The van der Waals surface area contributed by atoms with Gasteiger partial charge >= 0.3 is 0 Å². The first-order chi connectivity index (χ1) is 12.7. The van der Waals surface area contributed by atoms with Crippen molar-refractivity contribution in [2.75, 3.05) is 25.0 Å². The number of amides is 2. The number of rotatable bonds is 5. The molecule has 27 heavy (non-hydrogen) atoms. The van der Waals surface area contributed by atoms with Crippen LogP contribution in [0.25, 0.3) is 0 Å². The fourth-order valence-electron chi connectivity index (χ4n) is 3.67. The first-order valence-electron chi connectivity index (χ1n) is 9.41. The van der Waals surface area contributed by atoms with Gasteiger partial charge in [-0.2, -0.15) is 4.31 Å². The van der Waals surface area contributed by atoms with E-state index in [-0.39, 0.29) is 29.2 Å². The van der Waals surface area contributed by atoms with E-state index in [2.05, 4.69) is 5.32 Å². The highest BCUT2D eigenvalue weighted by atomic mass is 32.2. The monoisotopic (exact) mass is 393 g/mol. The number of benzene rings is 1. The minimum atomic E-state index is -3.56. The topological polar surface area (TPSA) is 86.8 Å². The highest BCUT2D eigenvalue weighted by Gasteiger charge is 2.35. The van der Waals surface area contributed by atoms with Gasteiger partial charge in [-0.1, -0.05) is 6.07 Å². The van der Waals surface area contributed by atoms with Crippen molar-refractivity contribution < 1.29 is 18.0 Å². The molecule has 2 aliphatic rings. The molecule has 1 unspecified atom stereocenters. The summed E-state index contributed by atoms with van der Waals surface area (Å²) < 4.78 is 27.2. The molecule has 8 heteroatoms. The predicted octanol–water partition coefficient (Wildman–Crippen LogP) is 1.97. The lowest BCUT2D eigenvalue weighted by molar-refractivity contribution is -0.129. The maximum Gasteiger partial charge on any atom is 0.243 e. The number of nitrogens with zero attached hydrogens (tertiary/aromatic N) is 2. The predicted molar refractivity (Wildman–Crippen MR) is 103 cm³/mol. The lowest BCUT2D eigenvalue weighted by atomic mass is 10.1. The molecule has 2 aliphatic heterocycles. The number of carbonyl (C=O) groups is 2. The molecule has 148 valence electrons. The van der Waals surface area contributed by atoms with Gasteiger partial charge in [-0.05, 0) is 51.3 Å². The van der Waals surface area contributed by atoms with Gasteiger partial charge in [-0.15, -0.1) is 0 Å². The molecule has 0 bridgehead atoms. The summed E-state index contributed by atoms with van der Waals surface area (Å²) in [7, 11) is -3.56. The second-order valence-electron chi connectivity index (χ2n) is 7.62. The van der Waals surface area contributed by atoms with Crippen LogP contribution in [0.3, 0.4) is 0 Å². The molecule has 0 spiro atoms. The normalized spacial score (nSPS) is 21.3. The Morgan fingerprint density at radius 1 is 1.22 bits per heavy atom. The number of anilines is 1. The Bertz CT molecular complexity index is 845. The number of sulfonamides is 1. The summed E-state index contributed by atoms with van der Waals surface area (Å²) in [5.74, 6) is -0.689. The number of hydrogen-bond donors (Lipinski definition) is 1. The van der Waals surface area contributed by atoms with Crippen molar-refractivity contribution in [3.63, 3.8) is 0 Å². The van der Waals surface area contributed by atoms with Gasteiger partial charge in [0.15, 0.2) is 0 Å². The molecular formula is C19H27N3O4S. The van der Waals surface area contributed by atoms with Crippen LogP contribution in [0.1, 0.15) is 38.7 Å². The fraction of sp³-hybridized carbons (Fsp3) is 0.579. The van der Waals surface area contributed by atoms with Crippen molar-refractivity contribution in [3.8, 4) is 0 Å². The first-order valence-corrected chi connectivity index (χ1v) is 10.9. The van der Waals surface area contributed by atoms with Gasteiger partial charge in [0.05, 0.1) is 10.8 Å². The maximum atomic E-state index is 12.9. The molecule has 0 aromatic heterocycles. The van der Waals surface area contributed by atoms with Gasteiger partial charge in [-0.3, -0.25) is 9.59 Å². The van der Waals surface area contributed by atoms with E-state index in [1.807, 2.05) is 13.8 Å². The average molecular weight is 394 g/mol. The highest BCUT2D eigenvalue weighted by Crippen LogP contribution is 2.27. The Morgan fingerprint density at radius 2 is 1.89 bits per heavy atom. The Hall–Kier alpha value is -1.93. The number of carbonyl (C=O) groups excluding carboxylic acids is 2. The third-order valence-electron chi connectivity index (χ3n) is 5.29. The fourth-order valence-corrected chi connectivity index (χ4v) is 5.44. The van der Waals surface area contributed by atoms with Crippen LogP contribution in [0.2, 0.25) is 0 Å². The quantitative estimate of drug-likeness (QED) is 0.829. The van der Waals surface area contributed by atoms with E-state index in [0.717, 1.165) is 12.8 Å². The minimum Gasteiger partial charge on any atom is -0.339 e. The van der Waals surface area contributed by atoms with Gasteiger partial charge in [0, 0.05) is 37.8 Å². The van der Waals surface area contributed by atoms with Crippen molar-refractivity contribution in [3.05, 3.63) is 23.8 Å². The van der Waals surface area contributed by atoms with E-state index in [0.29, 0.717) is 30.9 Å². The summed E-state index contributed by atoms with van der Waals surface area (Å²) in [6, 6.07) is 5.00. The molecule has 1 aromatic rings. The largest absolute Gasteiger partial charge is 0.339 e. The lowest BCUT2D eigenvalue weighted by Crippen LogP contribution is -2.33. The van der Waals surface area contributed by atoms with Crippen LogP contribution in [-0.4, -0.2) is 55.1 Å². The molecule has 2 amide bonds. The van der Waals surface area contributed by atoms with Crippen molar-refractivity contribution in [2.24, 2.45) is 5.92 Å². The van der Waals surface area contributed by atoms with Crippen molar-refractivity contribution >= 4 is 27.5 Å². The van der Waals surface area contributed by atoms with Gasteiger partial charge in [0.25, 0.3) is 0 Å². The van der Waals surface area contributed by atoms with E-state index in [9.17, 15) is 18.0 Å². The Kier molecular flexibility index (Phi) is 5.58. The third-order valence-corrected chi connectivity index (χ3v) is 7.33. The lowest BCUT2D eigenvalue weighted by Gasteiger charge is -2.21. The second-order valence-corrected chi connectivity index (χ2v) is 9.53. The molecule has 1 aromatic carbocycles. The van der Waals surface area contributed by atoms with Gasteiger partial charge in [0.1, 0.15) is 0 Å². The molecule has 1 atom stereocenters. The SMILES string of the molecule is Cc1ccc(NC(=O)C2CC(=O)N(C(C)C)C2)cc1S(=O)(=O)N1CCCC1. The number of hydrogen-bond acceptors (Lipinski definition) is 4. The summed E-state index contributed by atoms with van der Waals surface area (Å²) in [4.78, 5) is 26.5. The standard InChI is InChI=1S/C19H27N3O4S/c1-13(2)22-12-15(10-18(22)23)19(24)20-16-7-6-14(3)17(11-16)27(25,26)21-8-4-5-9-21/h6-7,11,13,15H,4-5,8-10,12H2,1-3H3,(H,20,24). The highest BCUT2D eigenvalue weighted by molar-refractivity contribution is 7.89. The van der Waals surface area contributed by atoms with Gasteiger partial charge in [-0.25, -0.2) is 8.42 Å². The average Bonchev–Trinajstić information content (AvgIpc) is 3.26. The Morgan fingerprint density at radius 3 is 2.48 bits per heavy atom. The molecule has 7 nitrogen and oxygen atoms in total. The summed E-state index contributed by atoms with van der Waals surface area (Å²) in [6.07, 6.45) is 1.93. The molecular weight excluding hydrogens is 366 g/mol. The van der Waals surface area contributed by atoms with E-state index < -0.39 is 15.9 Å². The van der Waals surface area contributed by atoms with E-state index >= 15 is 0 Å². The van der Waals surface area contributed by atoms with Crippen molar-refractivity contribution in [2.45, 2.75) is 51.0 Å². The third kappa shape index (κ3) is 4.01. The second kappa shape index (κ2) is 7.59. The zero-order valence-corrected chi connectivity index (χ0v) is 16.9. The van der Waals surface area contributed by atoms with Crippen LogP contribution in [-0.2, 0) is 19.6 Å². The number of nitrogens with one attached hydrogen (secondary N) is 1. The van der Waals surface area contributed by atoms with Crippen LogP contribution < -0.4 is 5.32 Å². The minimum absolute atomic E-state index is 0.0219. The smallest absolute Gasteiger partial charge is 0.243 e. The molecule has 2 heterocycles. The molecule has 0 saturated carbocycles. The summed E-state index contributed by atoms with van der Waals surface area (Å²) in [5, 5.41) is 2.79. The number of aryl methyl sites for hydroxylation is 1. The molecule has 2 saturated heterocycles. The zero-order valence-electron chi connectivity index (χ0n) is 16.1. The molecule has 1 N–H and O–H groups in total. The molecule has 0 aliphatic carbocycles. The Balaban J connectivity index is 1.77. The van der Waals surface area contributed by atoms with Gasteiger partial charge in [0.2, 0.25) is 21.8 Å². The molecule has 0 radical (unpaired) electrons. The summed E-state index contributed by atoms with van der Waals surface area (Å²) in [6.45, 7) is 7.07. The van der Waals surface area contributed by atoms with E-state index in [1.54, 1.807) is 24.0 Å². The maximum absolute atomic E-state index is 12.9. The van der Waals surface area contributed by atoms with Crippen molar-refractivity contribution in [1.82, 2.24) is 9.21 Å². The first kappa shape index (κ1) is 19.8. The molecule has 3 rings (SSSR count). The van der Waals surface area contributed by atoms with Crippen LogP contribution in [0, 0.1) is 12.8 Å². The van der Waals surface area contributed by atoms with Crippen LogP contribution in [0.15, 0.2) is 23.1 Å². The summed E-state index contributed by atoms with van der Waals surface area (Å²) in [5.41, 5.74) is 1.10. The molecule has 2 fully saturated rings. The zero-order chi connectivity index (χ0) is 19.8. The Labute approximate surface area is 160 Å². The van der Waals surface area contributed by atoms with Crippen LogP contribution >= 0.6 is 0 Å². The van der Waals surface area contributed by atoms with Crippen molar-refractivity contribution in [1.29, 1.82) is 0 Å². The van der Waals surface area contributed by atoms with E-state index in [4.69, 9.17) is 0 Å².